The van der Waals surface area contributed by atoms with Crippen molar-refractivity contribution in [1.29, 1.82) is 0 Å². The average molecular weight is 515 g/mol. The number of fused-ring (bicyclic) bond motifs is 4. The number of thioether (sulfide) groups is 1. The Kier molecular flexibility index (Phi) is 6.79. The molecule has 1 aliphatic heterocycles. The van der Waals surface area contributed by atoms with Gasteiger partial charge in [-0.05, 0) is 63.5 Å². The van der Waals surface area contributed by atoms with E-state index in [9.17, 15) is 4.79 Å². The second kappa shape index (κ2) is 10.1. The maximum absolute atomic E-state index is 14.7. The van der Waals surface area contributed by atoms with Gasteiger partial charge in [-0.1, -0.05) is 85.6 Å². The van der Waals surface area contributed by atoms with E-state index in [0.29, 0.717) is 6.61 Å². The highest BCUT2D eigenvalue weighted by molar-refractivity contribution is 7.99. The van der Waals surface area contributed by atoms with Crippen LogP contribution in [0.15, 0.2) is 64.5 Å². The second-order valence-electron chi connectivity index (χ2n) is 11.8. The van der Waals surface area contributed by atoms with Gasteiger partial charge >= 0.3 is 0 Å². The van der Waals surface area contributed by atoms with Crippen LogP contribution in [-0.4, -0.2) is 27.5 Å². The Morgan fingerprint density at radius 2 is 1.78 bits per heavy atom. The Hall–Kier alpha value is -2.37. The molecule has 0 N–H and O–H groups in total. The minimum absolute atomic E-state index is 0.0817. The fourth-order valence-corrected chi connectivity index (χ4v) is 8.00. The van der Waals surface area contributed by atoms with Crippen LogP contribution < -0.4 is 5.56 Å². The largest absolute Gasteiger partial charge is 0.375 e. The van der Waals surface area contributed by atoms with Gasteiger partial charge in [-0.15, -0.1) is 0 Å². The molecule has 1 saturated heterocycles. The zero-order chi connectivity index (χ0) is 25.5. The van der Waals surface area contributed by atoms with Crippen molar-refractivity contribution in [3.8, 4) is 11.3 Å². The molecule has 3 aliphatic rings. The summed E-state index contributed by atoms with van der Waals surface area (Å²) in [7, 11) is 0. The molecule has 1 saturated carbocycles. The molecular weight excluding hydrogens is 476 g/mol. The molecule has 4 nitrogen and oxygen atoms in total. The zero-order valence-electron chi connectivity index (χ0n) is 22.2. The first-order valence-corrected chi connectivity index (χ1v) is 15.0. The van der Waals surface area contributed by atoms with Crippen LogP contribution in [0, 0.1) is 0 Å². The van der Waals surface area contributed by atoms with E-state index in [-0.39, 0.29) is 22.6 Å². The third-order valence-electron chi connectivity index (χ3n) is 8.73. The van der Waals surface area contributed by atoms with E-state index < -0.39 is 0 Å². The lowest BCUT2D eigenvalue weighted by atomic mass is 9.62. The third-order valence-corrected chi connectivity index (χ3v) is 9.68. The molecule has 2 fully saturated rings. The van der Waals surface area contributed by atoms with Crippen LogP contribution in [-0.2, 0) is 23.0 Å². The summed E-state index contributed by atoms with van der Waals surface area (Å²) in [4.78, 5) is 20.1. The first-order chi connectivity index (χ1) is 18.0. The van der Waals surface area contributed by atoms with Crippen molar-refractivity contribution in [1.82, 2.24) is 9.55 Å². The summed E-state index contributed by atoms with van der Waals surface area (Å²) in [5.41, 5.74) is 5.69. The minimum Gasteiger partial charge on any atom is -0.375 e. The Bertz CT molecular complexity index is 1320. The lowest BCUT2D eigenvalue weighted by Gasteiger charge is -2.43. The standard InChI is InChI=1S/C32H38N2O2S/c1-31(2)22-25(15-19-36-31)34-29(35)27-28(33-30(34)37-20-16-23-11-5-3-6-12-23)26-14-8-7-13-24(26)21-32(27)17-9-4-10-18-32/h3,5-8,11-14,25H,4,9-10,15-22H2,1-2H3/t25-/m0/s1. The smallest absolute Gasteiger partial charge is 0.258 e. The quantitative estimate of drug-likeness (QED) is 0.268. The number of hydrogen-bond donors (Lipinski definition) is 0. The number of benzene rings is 2. The highest BCUT2D eigenvalue weighted by Gasteiger charge is 2.44. The Morgan fingerprint density at radius 3 is 2.57 bits per heavy atom. The number of aryl methyl sites for hydroxylation is 1. The van der Waals surface area contributed by atoms with Crippen molar-refractivity contribution in [3.05, 3.63) is 81.6 Å². The molecule has 5 heteroatoms. The highest BCUT2D eigenvalue weighted by atomic mass is 32.2. The molecule has 1 atom stereocenters. The first kappa shape index (κ1) is 24.9. The maximum Gasteiger partial charge on any atom is 0.258 e. The number of hydrogen-bond acceptors (Lipinski definition) is 4. The number of nitrogens with zero attached hydrogens (tertiary/aromatic N) is 2. The summed E-state index contributed by atoms with van der Waals surface area (Å²) in [5.74, 6) is 0.897. The summed E-state index contributed by atoms with van der Waals surface area (Å²) < 4.78 is 8.16. The van der Waals surface area contributed by atoms with Crippen molar-refractivity contribution in [2.75, 3.05) is 12.4 Å². The Morgan fingerprint density at radius 1 is 1.03 bits per heavy atom. The van der Waals surface area contributed by atoms with Crippen LogP contribution in [0.3, 0.4) is 0 Å². The van der Waals surface area contributed by atoms with Crippen LogP contribution in [0.5, 0.6) is 0 Å². The zero-order valence-corrected chi connectivity index (χ0v) is 23.0. The van der Waals surface area contributed by atoms with Crippen molar-refractivity contribution >= 4 is 11.8 Å². The normalized spacial score (nSPS) is 21.8. The first-order valence-electron chi connectivity index (χ1n) is 14.0. The molecule has 2 aromatic carbocycles. The molecule has 1 aromatic heterocycles. The molecule has 0 bridgehead atoms. The van der Waals surface area contributed by atoms with Crippen molar-refractivity contribution in [2.24, 2.45) is 0 Å². The molecule has 6 rings (SSSR count). The molecule has 3 aromatic rings. The topological polar surface area (TPSA) is 44.1 Å². The molecular formula is C32H38N2O2S. The summed E-state index contributed by atoms with van der Waals surface area (Å²) in [6.45, 7) is 4.98. The predicted octanol–water partition coefficient (Wildman–Crippen LogP) is 7.13. The van der Waals surface area contributed by atoms with Crippen LogP contribution in [0.2, 0.25) is 0 Å². The molecule has 2 heterocycles. The van der Waals surface area contributed by atoms with E-state index in [4.69, 9.17) is 9.72 Å². The predicted molar refractivity (Wildman–Crippen MR) is 152 cm³/mol. The molecule has 0 unspecified atom stereocenters. The number of aromatic nitrogens is 2. The highest BCUT2D eigenvalue weighted by Crippen LogP contribution is 2.49. The van der Waals surface area contributed by atoms with Crippen LogP contribution in [0.4, 0.5) is 0 Å². The Balaban J connectivity index is 1.48. The van der Waals surface area contributed by atoms with E-state index in [1.807, 2.05) is 0 Å². The maximum atomic E-state index is 14.7. The molecule has 0 radical (unpaired) electrons. The van der Waals surface area contributed by atoms with Gasteiger partial charge < -0.3 is 4.74 Å². The van der Waals surface area contributed by atoms with Gasteiger partial charge in [-0.3, -0.25) is 9.36 Å². The second-order valence-corrected chi connectivity index (χ2v) is 12.9. The third kappa shape index (κ3) is 4.81. The number of ether oxygens (including phenoxy) is 1. The fourth-order valence-electron chi connectivity index (χ4n) is 6.95. The summed E-state index contributed by atoms with van der Waals surface area (Å²) in [5, 5.41) is 0.880. The SMILES string of the molecule is CC1(C)C[C@@H](n2c(SCCc3ccccc3)nc3c(c2=O)C2(CCCCC2)Cc2ccccc2-3)CCO1. The summed E-state index contributed by atoms with van der Waals surface area (Å²) >= 11 is 1.74. The monoisotopic (exact) mass is 514 g/mol. The van der Waals surface area contributed by atoms with Gasteiger partial charge in [0.15, 0.2) is 5.16 Å². The van der Waals surface area contributed by atoms with Gasteiger partial charge in [-0.2, -0.15) is 0 Å². The van der Waals surface area contributed by atoms with Crippen LogP contribution in [0.25, 0.3) is 11.3 Å². The molecule has 37 heavy (non-hydrogen) atoms. The van der Waals surface area contributed by atoms with Crippen molar-refractivity contribution in [2.45, 2.75) is 93.8 Å². The van der Waals surface area contributed by atoms with Gasteiger partial charge in [0, 0.05) is 29.4 Å². The molecule has 194 valence electrons. The van der Waals surface area contributed by atoms with Gasteiger partial charge in [0.2, 0.25) is 0 Å². The molecule has 1 spiro atoms. The van der Waals surface area contributed by atoms with Crippen LogP contribution >= 0.6 is 11.8 Å². The van der Waals surface area contributed by atoms with E-state index in [1.165, 1.54) is 30.4 Å². The van der Waals surface area contributed by atoms with Gasteiger partial charge in [0.05, 0.1) is 16.9 Å². The van der Waals surface area contributed by atoms with E-state index in [2.05, 4.69) is 73.0 Å². The Labute approximate surface area is 224 Å². The van der Waals surface area contributed by atoms with Gasteiger partial charge in [-0.25, -0.2) is 4.98 Å². The van der Waals surface area contributed by atoms with E-state index in [1.54, 1.807) is 11.8 Å². The van der Waals surface area contributed by atoms with E-state index in [0.717, 1.165) is 66.3 Å². The van der Waals surface area contributed by atoms with Gasteiger partial charge in [0.25, 0.3) is 5.56 Å². The fraction of sp³-hybridized carbons (Fsp3) is 0.500. The summed E-state index contributed by atoms with van der Waals surface area (Å²) in [6.07, 6.45) is 9.45. The average Bonchev–Trinajstić information content (AvgIpc) is 2.89. The lowest BCUT2D eigenvalue weighted by Crippen LogP contribution is -2.45. The van der Waals surface area contributed by atoms with E-state index >= 15 is 0 Å². The van der Waals surface area contributed by atoms with Crippen molar-refractivity contribution < 1.29 is 4.74 Å². The number of rotatable bonds is 5. The lowest BCUT2D eigenvalue weighted by molar-refractivity contribution is -0.0710. The molecule has 2 aliphatic carbocycles. The summed E-state index contributed by atoms with van der Waals surface area (Å²) in [6, 6.07) is 19.4. The van der Waals surface area contributed by atoms with Gasteiger partial charge in [0.1, 0.15) is 0 Å². The van der Waals surface area contributed by atoms with Crippen LogP contribution in [0.1, 0.15) is 81.5 Å². The van der Waals surface area contributed by atoms with Crippen molar-refractivity contribution in [3.63, 3.8) is 0 Å². The molecule has 0 amide bonds. The minimum atomic E-state index is -0.237.